The van der Waals surface area contributed by atoms with Crippen LogP contribution < -0.4 is 4.90 Å². The number of sulfonamides is 1. The Labute approximate surface area is 187 Å². The summed E-state index contributed by atoms with van der Waals surface area (Å²) in [4.78, 5) is 15.2. The number of carbonyl (C=O) groups is 1. The van der Waals surface area contributed by atoms with E-state index >= 15 is 0 Å². The van der Waals surface area contributed by atoms with Gasteiger partial charge in [-0.25, -0.2) is 8.42 Å². The Bertz CT molecular complexity index is 1030. The van der Waals surface area contributed by atoms with Crippen LogP contribution in [0.25, 0.3) is 0 Å². The van der Waals surface area contributed by atoms with E-state index in [1.54, 1.807) is 16.4 Å². The van der Waals surface area contributed by atoms with Crippen LogP contribution in [0.4, 0.5) is 5.69 Å². The van der Waals surface area contributed by atoms with Gasteiger partial charge in [-0.3, -0.25) is 4.79 Å². The lowest BCUT2D eigenvalue weighted by atomic mass is 10.1. The van der Waals surface area contributed by atoms with Crippen molar-refractivity contribution in [1.29, 1.82) is 0 Å². The van der Waals surface area contributed by atoms with Crippen molar-refractivity contribution in [3.05, 3.63) is 58.1 Å². The molecule has 5 nitrogen and oxygen atoms in total. The number of carbonyl (C=O) groups excluding carboxylic acids is 1. The molecule has 1 saturated heterocycles. The summed E-state index contributed by atoms with van der Waals surface area (Å²) in [6, 6.07) is 13.2. The van der Waals surface area contributed by atoms with Gasteiger partial charge in [0.15, 0.2) is 0 Å². The third kappa shape index (κ3) is 4.34. The van der Waals surface area contributed by atoms with Gasteiger partial charge in [0.05, 0.1) is 4.90 Å². The molecule has 1 amide bonds. The smallest absolute Gasteiger partial charge is 0.243 e. The first kappa shape index (κ1) is 21.5. The number of benzene rings is 2. The van der Waals surface area contributed by atoms with Crippen LogP contribution in [0.1, 0.15) is 43.7 Å². The fraction of sp³-hybridized carbons (Fsp3) is 0.435. The molecule has 0 saturated carbocycles. The predicted molar refractivity (Wildman–Crippen MR) is 122 cm³/mol. The summed E-state index contributed by atoms with van der Waals surface area (Å²) in [5.41, 5.74) is 3.17. The van der Waals surface area contributed by atoms with E-state index in [1.165, 1.54) is 5.56 Å². The maximum absolute atomic E-state index is 12.9. The predicted octanol–water partition coefficient (Wildman–Crippen LogP) is 4.53. The zero-order valence-corrected chi connectivity index (χ0v) is 19.6. The first-order chi connectivity index (χ1) is 14.4. The van der Waals surface area contributed by atoms with E-state index in [4.69, 9.17) is 0 Å². The number of nitrogens with zero attached hydrogens (tertiary/aromatic N) is 2. The first-order valence-corrected chi connectivity index (χ1v) is 12.8. The molecule has 0 bridgehead atoms. The Kier molecular flexibility index (Phi) is 6.32. The zero-order chi connectivity index (χ0) is 21.3. The minimum atomic E-state index is -3.41. The van der Waals surface area contributed by atoms with E-state index in [0.717, 1.165) is 41.4 Å². The second kappa shape index (κ2) is 8.81. The summed E-state index contributed by atoms with van der Waals surface area (Å²) in [6.45, 7) is 3.28. The fourth-order valence-corrected chi connectivity index (χ4v) is 6.36. The van der Waals surface area contributed by atoms with E-state index in [1.807, 2.05) is 29.2 Å². The number of hydrogen-bond donors (Lipinski definition) is 0. The molecule has 160 valence electrons. The van der Waals surface area contributed by atoms with E-state index in [2.05, 4.69) is 28.9 Å². The van der Waals surface area contributed by atoms with Crippen molar-refractivity contribution >= 4 is 37.5 Å². The number of piperidine rings is 1. The normalized spacial score (nSPS) is 19.7. The molecule has 7 heteroatoms. The first-order valence-electron chi connectivity index (χ1n) is 10.6. The average Bonchev–Trinajstić information content (AvgIpc) is 3.07. The van der Waals surface area contributed by atoms with Crippen molar-refractivity contribution in [2.24, 2.45) is 0 Å². The summed E-state index contributed by atoms with van der Waals surface area (Å²) >= 11 is 3.50. The second-order valence-electron chi connectivity index (χ2n) is 8.20. The Morgan fingerprint density at radius 1 is 1.07 bits per heavy atom. The SMILES string of the molecule is C[C@@H]1Cc2cc(Br)ccc2N1C(=O)CCc1ccc(S(=O)(=O)N2CCCCC2)cc1. The molecule has 1 fully saturated rings. The van der Waals surface area contributed by atoms with Crippen molar-refractivity contribution < 1.29 is 13.2 Å². The highest BCUT2D eigenvalue weighted by Crippen LogP contribution is 2.34. The fourth-order valence-electron chi connectivity index (χ4n) is 4.43. The largest absolute Gasteiger partial charge is 0.309 e. The van der Waals surface area contributed by atoms with Crippen LogP contribution in [0.2, 0.25) is 0 Å². The van der Waals surface area contributed by atoms with Crippen LogP contribution in [-0.4, -0.2) is 37.8 Å². The third-order valence-corrected chi connectivity index (χ3v) is 8.44. The quantitative estimate of drug-likeness (QED) is 0.618. The summed E-state index contributed by atoms with van der Waals surface area (Å²) in [7, 11) is -3.41. The van der Waals surface area contributed by atoms with Gasteiger partial charge in [0, 0.05) is 35.7 Å². The van der Waals surface area contributed by atoms with Gasteiger partial charge in [0.1, 0.15) is 0 Å². The van der Waals surface area contributed by atoms with E-state index < -0.39 is 10.0 Å². The summed E-state index contributed by atoms with van der Waals surface area (Å²) in [6.07, 6.45) is 4.80. The summed E-state index contributed by atoms with van der Waals surface area (Å²) < 4.78 is 28.2. The maximum atomic E-state index is 12.9. The van der Waals surface area contributed by atoms with Crippen LogP contribution in [0.3, 0.4) is 0 Å². The minimum absolute atomic E-state index is 0.105. The molecule has 0 unspecified atom stereocenters. The molecule has 0 N–H and O–H groups in total. The van der Waals surface area contributed by atoms with Crippen LogP contribution in [0, 0.1) is 0 Å². The number of amides is 1. The molecule has 1 atom stereocenters. The minimum Gasteiger partial charge on any atom is -0.309 e. The van der Waals surface area contributed by atoms with Crippen LogP contribution in [-0.2, 0) is 27.7 Å². The van der Waals surface area contributed by atoms with Gasteiger partial charge in [0.2, 0.25) is 15.9 Å². The number of halogens is 1. The third-order valence-electron chi connectivity index (χ3n) is 6.03. The highest BCUT2D eigenvalue weighted by atomic mass is 79.9. The molecule has 2 aliphatic heterocycles. The van der Waals surface area contributed by atoms with Crippen molar-refractivity contribution in [3.8, 4) is 0 Å². The molecule has 2 aromatic carbocycles. The van der Waals surface area contributed by atoms with E-state index in [0.29, 0.717) is 30.8 Å². The Morgan fingerprint density at radius 3 is 2.47 bits per heavy atom. The van der Waals surface area contributed by atoms with Crippen LogP contribution in [0.5, 0.6) is 0 Å². The lowest BCUT2D eigenvalue weighted by molar-refractivity contribution is -0.118. The van der Waals surface area contributed by atoms with E-state index in [-0.39, 0.29) is 11.9 Å². The van der Waals surface area contributed by atoms with E-state index in [9.17, 15) is 13.2 Å². The average molecular weight is 491 g/mol. The molecule has 0 spiro atoms. The highest BCUT2D eigenvalue weighted by Gasteiger charge is 2.30. The van der Waals surface area contributed by atoms with Crippen molar-refractivity contribution in [1.82, 2.24) is 4.31 Å². The molecule has 4 rings (SSSR count). The van der Waals surface area contributed by atoms with Crippen LogP contribution >= 0.6 is 15.9 Å². The lowest BCUT2D eigenvalue weighted by Gasteiger charge is -2.26. The topological polar surface area (TPSA) is 57.7 Å². The van der Waals surface area contributed by atoms with Gasteiger partial charge in [0.25, 0.3) is 0 Å². The highest BCUT2D eigenvalue weighted by molar-refractivity contribution is 9.10. The number of anilines is 1. The van der Waals surface area contributed by atoms with Gasteiger partial charge in [-0.05, 0) is 74.1 Å². The number of aryl methyl sites for hydroxylation is 1. The van der Waals surface area contributed by atoms with Crippen molar-refractivity contribution in [3.63, 3.8) is 0 Å². The zero-order valence-electron chi connectivity index (χ0n) is 17.2. The Morgan fingerprint density at radius 2 is 1.77 bits per heavy atom. The van der Waals surface area contributed by atoms with Gasteiger partial charge in [-0.2, -0.15) is 4.31 Å². The molecule has 2 heterocycles. The molecular formula is C23H27BrN2O3S. The van der Waals surface area contributed by atoms with Crippen LogP contribution in [0.15, 0.2) is 51.8 Å². The number of fused-ring (bicyclic) bond motifs is 1. The summed E-state index contributed by atoms with van der Waals surface area (Å²) in [5, 5.41) is 0. The molecule has 2 aliphatic rings. The number of hydrogen-bond acceptors (Lipinski definition) is 3. The van der Waals surface area contributed by atoms with Crippen molar-refractivity contribution in [2.75, 3.05) is 18.0 Å². The molecule has 0 aromatic heterocycles. The monoisotopic (exact) mass is 490 g/mol. The molecular weight excluding hydrogens is 464 g/mol. The van der Waals surface area contributed by atoms with Gasteiger partial charge in [-0.15, -0.1) is 0 Å². The molecule has 2 aromatic rings. The molecule has 30 heavy (non-hydrogen) atoms. The van der Waals surface area contributed by atoms with Crippen molar-refractivity contribution in [2.45, 2.75) is 56.4 Å². The standard InChI is InChI=1S/C23H27BrN2O3S/c1-17-15-19-16-20(24)8-11-22(19)26(17)23(27)12-7-18-5-9-21(10-6-18)30(28,29)25-13-3-2-4-14-25/h5-6,8-11,16-17H,2-4,7,12-15H2,1H3/t17-/m1/s1. The molecule has 0 aliphatic carbocycles. The number of rotatable bonds is 5. The Hall–Kier alpha value is -1.70. The lowest BCUT2D eigenvalue weighted by Crippen LogP contribution is -2.36. The molecule has 0 radical (unpaired) electrons. The van der Waals surface area contributed by atoms with Gasteiger partial charge >= 0.3 is 0 Å². The second-order valence-corrected chi connectivity index (χ2v) is 11.1. The van der Waals surface area contributed by atoms with Gasteiger partial charge < -0.3 is 4.90 Å². The van der Waals surface area contributed by atoms with Gasteiger partial charge in [-0.1, -0.05) is 34.5 Å². The maximum Gasteiger partial charge on any atom is 0.243 e. The Balaban J connectivity index is 1.40. The summed E-state index contributed by atoms with van der Waals surface area (Å²) in [5.74, 6) is 0.105.